The number of halogens is 1. The van der Waals surface area contributed by atoms with Crippen molar-refractivity contribution in [2.45, 2.75) is 171 Å². The van der Waals surface area contributed by atoms with E-state index in [-0.39, 0.29) is 62.3 Å². The molecule has 4 aliphatic rings. The lowest BCUT2D eigenvalue weighted by Gasteiger charge is -2.60. The average molecular weight is 997 g/mol. The van der Waals surface area contributed by atoms with Crippen LogP contribution < -0.4 is 9.47 Å². The zero-order valence-electron chi connectivity index (χ0n) is 42.4. The molecular formula is C59H81FN2O8S. The lowest BCUT2D eigenvalue weighted by atomic mass is 9.55. The summed E-state index contributed by atoms with van der Waals surface area (Å²) in [5.74, 6) is -0.0778. The highest BCUT2D eigenvalue weighted by Gasteiger charge is 2.65. The zero-order valence-corrected chi connectivity index (χ0v) is 43.2. The highest BCUT2D eigenvalue weighted by atomic mass is 32.2. The first-order valence-electron chi connectivity index (χ1n) is 27.1. The van der Waals surface area contributed by atoms with Crippen LogP contribution in [0.2, 0.25) is 0 Å². The van der Waals surface area contributed by atoms with E-state index >= 15 is 4.79 Å². The Bertz CT molecular complexity index is 2130. The van der Waals surface area contributed by atoms with Crippen molar-refractivity contribution in [3.8, 4) is 11.5 Å². The number of aliphatic hydroxyl groups is 2. The molecule has 1 saturated carbocycles. The lowest BCUT2D eigenvalue weighted by Crippen LogP contribution is -2.70. The van der Waals surface area contributed by atoms with Crippen LogP contribution in [0.5, 0.6) is 11.5 Å². The number of benzene rings is 3. The van der Waals surface area contributed by atoms with Crippen molar-refractivity contribution in [1.82, 2.24) is 4.90 Å². The molecule has 0 spiro atoms. The van der Waals surface area contributed by atoms with Crippen molar-refractivity contribution in [1.29, 1.82) is 0 Å². The van der Waals surface area contributed by atoms with Crippen molar-refractivity contribution in [3.63, 3.8) is 0 Å². The number of oxime groups is 1. The number of carbonyl (C=O) groups excluding carboxylic acids is 1. The van der Waals surface area contributed by atoms with E-state index in [1.54, 1.807) is 30.0 Å². The van der Waals surface area contributed by atoms with Crippen molar-refractivity contribution in [2.75, 3.05) is 38.8 Å². The van der Waals surface area contributed by atoms with Gasteiger partial charge in [-0.1, -0.05) is 119 Å². The lowest BCUT2D eigenvalue weighted by molar-refractivity contribution is -0.258. The molecule has 1 saturated heterocycles. The van der Waals surface area contributed by atoms with Crippen molar-refractivity contribution >= 4 is 23.4 Å². The van der Waals surface area contributed by atoms with Crippen molar-refractivity contribution < 1.29 is 43.2 Å². The summed E-state index contributed by atoms with van der Waals surface area (Å²) in [5.41, 5.74) is 3.51. The molecule has 12 heteroatoms. The molecule has 3 aromatic carbocycles. The molecule has 0 radical (unpaired) electrons. The second-order valence-corrected chi connectivity index (χ2v) is 21.1. The Morgan fingerprint density at radius 3 is 2.38 bits per heavy atom. The molecule has 3 aromatic rings. The number of nitrogens with zero attached hydrogens (tertiary/aromatic N) is 2. The quantitative estimate of drug-likeness (QED) is 0.0281. The van der Waals surface area contributed by atoms with Crippen LogP contribution in [0.4, 0.5) is 4.39 Å². The number of rotatable bonds is 31. The summed E-state index contributed by atoms with van der Waals surface area (Å²) in [4.78, 5) is 24.8. The number of fused-ring (bicyclic) bond motifs is 2. The molecule has 2 aliphatic carbocycles. The molecule has 2 N–H and O–H groups in total. The van der Waals surface area contributed by atoms with Crippen LogP contribution in [0.3, 0.4) is 0 Å². The number of unbranched alkanes of at least 4 members (excludes halogenated alkanes) is 10. The van der Waals surface area contributed by atoms with Gasteiger partial charge >= 0.3 is 0 Å². The smallest absolute Gasteiger partial charge is 0.239 e. The summed E-state index contributed by atoms with van der Waals surface area (Å²) in [6.45, 7) is 8.05. The maximum Gasteiger partial charge on any atom is 0.239 e. The van der Waals surface area contributed by atoms with Gasteiger partial charge in [0.1, 0.15) is 23.4 Å². The van der Waals surface area contributed by atoms with Crippen LogP contribution in [0.1, 0.15) is 152 Å². The Morgan fingerprint density at radius 2 is 1.66 bits per heavy atom. The molecule has 388 valence electrons. The number of aliphatic hydroxyl groups excluding tert-OH is 2. The molecule has 7 atom stereocenters. The number of amides is 1. The third kappa shape index (κ3) is 15.0. The maximum absolute atomic E-state index is 15.3. The largest absolute Gasteiger partial charge is 0.493 e. The van der Waals surface area contributed by atoms with Gasteiger partial charge in [0.2, 0.25) is 18.0 Å². The van der Waals surface area contributed by atoms with Gasteiger partial charge in [0.05, 0.1) is 31.5 Å². The number of carbonyl (C=O) groups is 1. The van der Waals surface area contributed by atoms with Crippen LogP contribution in [0.15, 0.2) is 107 Å². The number of hydrogen-bond donors (Lipinski definition) is 2. The predicted octanol–water partition coefficient (Wildman–Crippen LogP) is 13.1. The van der Waals surface area contributed by atoms with E-state index in [9.17, 15) is 14.6 Å². The molecule has 1 unspecified atom stereocenters. The Kier molecular flexibility index (Phi) is 22.2. The van der Waals surface area contributed by atoms with E-state index in [4.69, 9.17) is 28.9 Å². The van der Waals surface area contributed by atoms with Gasteiger partial charge in [0.15, 0.2) is 0 Å². The van der Waals surface area contributed by atoms with E-state index < -0.39 is 24.0 Å². The Balaban J connectivity index is 1.33. The minimum atomic E-state index is -1.41. The number of ether oxygens (including phenoxy) is 4. The topological polar surface area (TPSA) is 119 Å². The van der Waals surface area contributed by atoms with Gasteiger partial charge in [0.25, 0.3) is 0 Å². The fraction of sp³-hybridized carbons (Fsp3) is 0.593. The minimum Gasteiger partial charge on any atom is -0.493 e. The van der Waals surface area contributed by atoms with E-state index in [0.717, 1.165) is 105 Å². The summed E-state index contributed by atoms with van der Waals surface area (Å²) in [7, 11) is 0. The number of hydrogen-bond acceptors (Lipinski definition) is 10. The van der Waals surface area contributed by atoms with Gasteiger partial charge in [-0.05, 0) is 110 Å². The van der Waals surface area contributed by atoms with Gasteiger partial charge in [0, 0.05) is 61.2 Å². The van der Waals surface area contributed by atoms with Crippen molar-refractivity contribution in [3.05, 3.63) is 114 Å². The molecule has 71 heavy (non-hydrogen) atoms. The van der Waals surface area contributed by atoms with Crippen LogP contribution in [0, 0.1) is 23.6 Å². The first-order chi connectivity index (χ1) is 34.9. The summed E-state index contributed by atoms with van der Waals surface area (Å²) in [5, 5.41) is 25.2. The van der Waals surface area contributed by atoms with E-state index in [0.29, 0.717) is 38.2 Å². The fourth-order valence-electron chi connectivity index (χ4n) is 11.4. The molecule has 1 amide bonds. The van der Waals surface area contributed by atoms with E-state index in [1.165, 1.54) is 49.1 Å². The monoisotopic (exact) mass is 997 g/mol. The van der Waals surface area contributed by atoms with Gasteiger partial charge in [-0.25, -0.2) is 4.39 Å². The van der Waals surface area contributed by atoms with E-state index in [1.807, 2.05) is 35.2 Å². The summed E-state index contributed by atoms with van der Waals surface area (Å²) in [6, 6.07) is 22.2. The molecular weight excluding hydrogens is 916 g/mol. The van der Waals surface area contributed by atoms with Gasteiger partial charge in [-0.3, -0.25) is 4.79 Å². The third-order valence-electron chi connectivity index (χ3n) is 14.9. The van der Waals surface area contributed by atoms with Gasteiger partial charge in [-0.15, -0.1) is 18.3 Å². The summed E-state index contributed by atoms with van der Waals surface area (Å²) >= 11 is 1.75. The number of allylic oxidation sites excluding steroid dienone is 1. The minimum absolute atomic E-state index is 0.0209. The maximum atomic E-state index is 15.3. The first-order valence-corrected chi connectivity index (χ1v) is 28.1. The molecule has 7 rings (SSSR count). The second kappa shape index (κ2) is 28.9. The standard InChI is InChI=1S/C59H81FN2O8S/c1-3-5-6-7-8-9-10-11-15-26-55(65)62(43-44-28-30-46(60)31-29-44)54-42-52(61-70-56-27-18-21-37-67-56)50-40-45(22-16-19-34-63)49(25-17-20-35-64)57-51-41-47(66-38-39-71-48-23-13-12-14-24-48)32-33-53(51)69-59(54,58(50)57)68-36-4-2/h4,12-14,23-24,28-33,40-41,45,49,54,56-58,63-64H,2-3,5-11,15-22,25-27,34-39,42-43H2,1H3/t45-,49+,54-,56?,57+,58+,59+/m0/s1. The molecule has 0 aromatic heterocycles. The number of thioether (sulfide) groups is 1. The molecule has 2 heterocycles. The molecule has 0 bridgehead atoms. The second-order valence-electron chi connectivity index (χ2n) is 19.9. The first kappa shape index (κ1) is 54.6. The summed E-state index contributed by atoms with van der Waals surface area (Å²) < 4.78 is 41.9. The highest BCUT2D eigenvalue weighted by Crippen LogP contribution is 2.62. The fourth-order valence-corrected chi connectivity index (χ4v) is 12.1. The zero-order chi connectivity index (χ0) is 49.7. The Hall–Kier alpha value is -4.20. The predicted molar refractivity (Wildman–Crippen MR) is 281 cm³/mol. The molecule has 10 nitrogen and oxygen atoms in total. The highest BCUT2D eigenvalue weighted by molar-refractivity contribution is 7.99. The third-order valence-corrected chi connectivity index (χ3v) is 15.9. The SMILES string of the molecule is C=CCO[C@@]12Oc3ccc(OCCSc4ccccc4)cc3[C@H]3[C@H](CCCCO)[C@@H](CCCCO)C=C(C(=NOC4CCCCO4)C[C@@H]1N(Cc1ccc(F)cc1)C(=O)CCCCCCCCCCC)[C@H]32. The van der Waals surface area contributed by atoms with Crippen molar-refractivity contribution in [2.24, 2.45) is 22.9 Å². The Labute approximate surface area is 427 Å². The average Bonchev–Trinajstić information content (AvgIpc) is 3.39. The van der Waals surface area contributed by atoms with Gasteiger partial charge < -0.3 is 38.9 Å². The Morgan fingerprint density at radius 1 is 0.915 bits per heavy atom. The van der Waals surface area contributed by atoms with Crippen LogP contribution in [-0.4, -0.2) is 83.6 Å². The van der Waals surface area contributed by atoms with Gasteiger partial charge in [-0.2, -0.15) is 0 Å². The van der Waals surface area contributed by atoms with Crippen LogP contribution in [-0.2, 0) is 25.7 Å². The van der Waals surface area contributed by atoms with E-state index in [2.05, 4.69) is 37.8 Å². The normalized spacial score (nSPS) is 24.1. The molecule has 2 fully saturated rings. The van der Waals surface area contributed by atoms with Crippen LogP contribution >= 0.6 is 11.8 Å². The molecule has 2 aliphatic heterocycles. The summed E-state index contributed by atoms with van der Waals surface area (Å²) in [6.07, 6.45) is 21.8. The van der Waals surface area contributed by atoms with Crippen LogP contribution in [0.25, 0.3) is 0 Å².